The van der Waals surface area contributed by atoms with Crippen molar-refractivity contribution in [3.05, 3.63) is 36.4 Å². The molecule has 0 fully saturated rings. The minimum absolute atomic E-state index is 0.141. The van der Waals surface area contributed by atoms with Crippen LogP contribution in [-0.4, -0.2) is 41.0 Å². The van der Waals surface area contributed by atoms with E-state index in [1.807, 2.05) is 0 Å². The summed E-state index contributed by atoms with van der Waals surface area (Å²) in [4.78, 5) is 15.8. The summed E-state index contributed by atoms with van der Waals surface area (Å²) < 4.78 is 51.5. The van der Waals surface area contributed by atoms with Crippen LogP contribution in [0.5, 0.6) is 11.5 Å². The Hall–Kier alpha value is -2.75. The molecule has 0 unspecified atom stereocenters. The highest BCUT2D eigenvalue weighted by Gasteiger charge is 2.58. The van der Waals surface area contributed by atoms with Crippen molar-refractivity contribution in [1.82, 2.24) is 9.55 Å². The molecular weight excluding hydrogens is 355 g/mol. The summed E-state index contributed by atoms with van der Waals surface area (Å²) in [6.45, 7) is 0. The van der Waals surface area contributed by atoms with Gasteiger partial charge in [-0.15, -0.1) is 0 Å². The molecule has 2 aromatic rings. The SMILES string of the molecule is COc1ccc(NC(=O)C[C@](O)(c2nccn2C)C(F)(F)F)c(OC)c1. The molecule has 2 N–H and O–H groups in total. The maximum atomic E-state index is 13.5. The third-order valence-corrected chi connectivity index (χ3v) is 3.76. The Kier molecular flexibility index (Phi) is 5.45. The molecule has 142 valence electrons. The molecule has 26 heavy (non-hydrogen) atoms. The Bertz CT molecular complexity index is 791. The molecule has 0 saturated carbocycles. The van der Waals surface area contributed by atoms with Gasteiger partial charge < -0.3 is 24.5 Å². The number of halogens is 3. The molecule has 1 atom stereocenters. The summed E-state index contributed by atoms with van der Waals surface area (Å²) in [5.74, 6) is -1.09. The third kappa shape index (κ3) is 3.74. The average molecular weight is 373 g/mol. The smallest absolute Gasteiger partial charge is 0.425 e. The lowest BCUT2D eigenvalue weighted by atomic mass is 9.97. The van der Waals surface area contributed by atoms with Gasteiger partial charge in [-0.2, -0.15) is 13.2 Å². The molecule has 7 nitrogen and oxygen atoms in total. The van der Waals surface area contributed by atoms with Gasteiger partial charge in [0.15, 0.2) is 5.82 Å². The number of alkyl halides is 3. The monoisotopic (exact) mass is 373 g/mol. The summed E-state index contributed by atoms with van der Waals surface area (Å²) in [7, 11) is 4.07. The van der Waals surface area contributed by atoms with Crippen LogP contribution in [-0.2, 0) is 17.4 Å². The molecule has 2 rings (SSSR count). The minimum Gasteiger partial charge on any atom is -0.497 e. The fourth-order valence-corrected chi connectivity index (χ4v) is 2.40. The lowest BCUT2D eigenvalue weighted by Gasteiger charge is -2.29. The molecule has 0 aliphatic carbocycles. The largest absolute Gasteiger partial charge is 0.497 e. The summed E-state index contributed by atoms with van der Waals surface area (Å²) >= 11 is 0. The fraction of sp³-hybridized carbons (Fsp3) is 0.375. The number of hydrogen-bond donors (Lipinski definition) is 2. The first kappa shape index (κ1) is 19.6. The first-order valence-corrected chi connectivity index (χ1v) is 7.41. The quantitative estimate of drug-likeness (QED) is 0.811. The summed E-state index contributed by atoms with van der Waals surface area (Å²) in [5, 5.41) is 12.5. The predicted octanol–water partition coefficient (Wildman–Crippen LogP) is 2.22. The second kappa shape index (κ2) is 7.24. The lowest BCUT2D eigenvalue weighted by Crippen LogP contribution is -2.46. The number of benzene rings is 1. The number of hydrogen-bond acceptors (Lipinski definition) is 5. The number of aromatic nitrogens is 2. The van der Waals surface area contributed by atoms with Gasteiger partial charge in [-0.25, -0.2) is 4.98 Å². The molecular formula is C16H18F3N3O4. The number of rotatable bonds is 6. The predicted molar refractivity (Wildman–Crippen MR) is 86.0 cm³/mol. The van der Waals surface area contributed by atoms with Gasteiger partial charge >= 0.3 is 6.18 Å². The zero-order valence-electron chi connectivity index (χ0n) is 14.3. The molecule has 1 aromatic carbocycles. The van der Waals surface area contributed by atoms with Crippen LogP contribution in [0.1, 0.15) is 12.2 Å². The number of carbonyl (C=O) groups excluding carboxylic acids is 1. The average Bonchev–Trinajstić information content (AvgIpc) is 3.00. The summed E-state index contributed by atoms with van der Waals surface area (Å²) in [6, 6.07) is 4.39. The van der Waals surface area contributed by atoms with E-state index in [4.69, 9.17) is 9.47 Å². The number of nitrogens with zero attached hydrogens (tertiary/aromatic N) is 2. The Morgan fingerprint density at radius 1 is 1.31 bits per heavy atom. The van der Waals surface area contributed by atoms with Crippen LogP contribution in [0.3, 0.4) is 0 Å². The zero-order chi connectivity index (χ0) is 19.5. The van der Waals surface area contributed by atoms with Crippen molar-refractivity contribution in [2.24, 2.45) is 7.05 Å². The van der Waals surface area contributed by atoms with Crippen LogP contribution in [0.25, 0.3) is 0 Å². The van der Waals surface area contributed by atoms with E-state index in [1.165, 1.54) is 45.7 Å². The highest BCUT2D eigenvalue weighted by Crippen LogP contribution is 2.41. The topological polar surface area (TPSA) is 85.6 Å². The Morgan fingerprint density at radius 3 is 2.50 bits per heavy atom. The Labute approximate surface area is 147 Å². The van der Waals surface area contributed by atoms with Crippen LogP contribution in [0.2, 0.25) is 0 Å². The number of aliphatic hydroxyl groups is 1. The van der Waals surface area contributed by atoms with Crippen LogP contribution in [0.15, 0.2) is 30.6 Å². The molecule has 0 aliphatic heterocycles. The van der Waals surface area contributed by atoms with Gasteiger partial charge in [-0.05, 0) is 12.1 Å². The van der Waals surface area contributed by atoms with E-state index < -0.39 is 29.9 Å². The first-order valence-electron chi connectivity index (χ1n) is 7.41. The molecule has 0 spiro atoms. The number of methoxy groups -OCH3 is 2. The van der Waals surface area contributed by atoms with Crippen LogP contribution in [0, 0.1) is 0 Å². The number of ether oxygens (including phenoxy) is 2. The van der Waals surface area contributed by atoms with E-state index >= 15 is 0 Å². The van der Waals surface area contributed by atoms with Crippen molar-refractivity contribution < 1.29 is 32.5 Å². The van der Waals surface area contributed by atoms with Crippen LogP contribution in [0.4, 0.5) is 18.9 Å². The number of anilines is 1. The number of imidazole rings is 1. The van der Waals surface area contributed by atoms with Crippen LogP contribution >= 0.6 is 0 Å². The maximum Gasteiger partial charge on any atom is 0.425 e. The van der Waals surface area contributed by atoms with Gasteiger partial charge in [0.25, 0.3) is 0 Å². The first-order chi connectivity index (χ1) is 12.1. The van der Waals surface area contributed by atoms with E-state index in [-0.39, 0.29) is 11.4 Å². The molecule has 0 aliphatic rings. The molecule has 1 amide bonds. The highest BCUT2D eigenvalue weighted by atomic mass is 19.4. The number of aryl methyl sites for hydroxylation is 1. The van der Waals surface area contributed by atoms with Crippen molar-refractivity contribution in [3.63, 3.8) is 0 Å². The normalized spacial score (nSPS) is 13.8. The van der Waals surface area contributed by atoms with Crippen molar-refractivity contribution in [3.8, 4) is 11.5 Å². The van der Waals surface area contributed by atoms with Crippen LogP contribution < -0.4 is 14.8 Å². The standard InChI is InChI=1S/C16H18F3N3O4/c1-22-7-6-20-14(22)15(24,16(17,18)19)9-13(23)21-11-5-4-10(25-2)8-12(11)26-3/h4-8,24H,9H2,1-3H3,(H,21,23)/t15-/m0/s1. The van der Waals surface area contributed by atoms with E-state index in [1.54, 1.807) is 0 Å². The Morgan fingerprint density at radius 2 is 2.00 bits per heavy atom. The molecule has 0 bridgehead atoms. The van der Waals surface area contributed by atoms with Gasteiger partial charge in [0, 0.05) is 25.5 Å². The maximum absolute atomic E-state index is 13.5. The summed E-state index contributed by atoms with van der Waals surface area (Å²) in [6.07, 6.45) is -4.02. The molecule has 0 radical (unpaired) electrons. The number of amides is 1. The third-order valence-electron chi connectivity index (χ3n) is 3.76. The molecule has 10 heteroatoms. The van der Waals surface area contributed by atoms with Gasteiger partial charge in [-0.1, -0.05) is 0 Å². The molecule has 0 saturated heterocycles. The van der Waals surface area contributed by atoms with Crippen molar-refractivity contribution in [2.75, 3.05) is 19.5 Å². The van der Waals surface area contributed by atoms with E-state index in [2.05, 4.69) is 10.3 Å². The van der Waals surface area contributed by atoms with Gasteiger partial charge in [0.05, 0.1) is 26.3 Å². The van der Waals surface area contributed by atoms with Gasteiger partial charge in [-0.3, -0.25) is 4.79 Å². The van der Waals surface area contributed by atoms with Crippen molar-refractivity contribution in [2.45, 2.75) is 18.2 Å². The van der Waals surface area contributed by atoms with Gasteiger partial charge in [0.1, 0.15) is 11.5 Å². The summed E-state index contributed by atoms with van der Waals surface area (Å²) in [5.41, 5.74) is -3.29. The highest BCUT2D eigenvalue weighted by molar-refractivity contribution is 5.93. The van der Waals surface area contributed by atoms with E-state index in [9.17, 15) is 23.1 Å². The van der Waals surface area contributed by atoms with E-state index in [0.29, 0.717) is 5.75 Å². The minimum atomic E-state index is -5.10. The van der Waals surface area contributed by atoms with Crippen molar-refractivity contribution in [1.29, 1.82) is 0 Å². The fourth-order valence-electron chi connectivity index (χ4n) is 2.40. The van der Waals surface area contributed by atoms with Crippen molar-refractivity contribution >= 4 is 11.6 Å². The van der Waals surface area contributed by atoms with E-state index in [0.717, 1.165) is 10.8 Å². The zero-order valence-corrected chi connectivity index (χ0v) is 14.3. The van der Waals surface area contributed by atoms with Gasteiger partial charge in [0.2, 0.25) is 11.5 Å². The second-order valence-electron chi connectivity index (χ2n) is 5.51. The number of carbonyl (C=O) groups is 1. The lowest BCUT2D eigenvalue weighted by molar-refractivity contribution is -0.270. The second-order valence-corrected chi connectivity index (χ2v) is 5.51. The molecule has 1 aromatic heterocycles. The molecule has 1 heterocycles. The number of nitrogens with one attached hydrogen (secondary N) is 1. The Balaban J connectivity index is 2.28.